The van der Waals surface area contributed by atoms with Crippen LogP contribution >= 0.6 is 0 Å². The summed E-state index contributed by atoms with van der Waals surface area (Å²) >= 11 is 0. The third kappa shape index (κ3) is 3.35. The number of nitrogens with one attached hydrogen (secondary N) is 1. The van der Waals surface area contributed by atoms with Gasteiger partial charge in [-0.3, -0.25) is 4.79 Å². The van der Waals surface area contributed by atoms with Crippen molar-refractivity contribution in [1.29, 1.82) is 0 Å². The van der Waals surface area contributed by atoms with Crippen molar-refractivity contribution in [3.63, 3.8) is 0 Å². The number of benzene rings is 2. The van der Waals surface area contributed by atoms with Crippen LogP contribution in [0, 0.1) is 5.82 Å². The van der Waals surface area contributed by atoms with Gasteiger partial charge in [0.05, 0.1) is 5.56 Å². The molecular weight excluding hydrogens is 255 g/mol. The molecule has 0 radical (unpaired) electrons. The largest absolute Gasteiger partial charge is 0.399 e. The van der Waals surface area contributed by atoms with Crippen LogP contribution in [0.3, 0.4) is 0 Å². The fourth-order valence-corrected chi connectivity index (χ4v) is 1.89. The van der Waals surface area contributed by atoms with E-state index in [0.29, 0.717) is 12.2 Å². The maximum absolute atomic E-state index is 13.5. The van der Waals surface area contributed by atoms with Crippen molar-refractivity contribution in [2.75, 3.05) is 5.73 Å². The van der Waals surface area contributed by atoms with Crippen molar-refractivity contribution >= 4 is 11.6 Å². The number of hydrogen-bond acceptors (Lipinski definition) is 2. The molecule has 4 heteroatoms. The molecule has 0 aliphatic carbocycles. The first-order chi connectivity index (χ1) is 9.60. The molecule has 0 saturated carbocycles. The van der Waals surface area contributed by atoms with E-state index >= 15 is 0 Å². The van der Waals surface area contributed by atoms with Crippen LogP contribution in [0.1, 0.15) is 28.4 Å². The molecule has 0 heterocycles. The molecule has 0 bridgehead atoms. The number of carbonyl (C=O) groups is 1. The number of hydrogen-bond donors (Lipinski definition) is 2. The molecule has 0 saturated heterocycles. The van der Waals surface area contributed by atoms with Gasteiger partial charge in [-0.05, 0) is 35.7 Å². The van der Waals surface area contributed by atoms with Crippen molar-refractivity contribution in [2.24, 2.45) is 0 Å². The number of aryl methyl sites for hydroxylation is 1. The fourth-order valence-electron chi connectivity index (χ4n) is 1.89. The number of halogens is 1. The number of nitrogen functional groups attached to an aromatic ring is 1. The van der Waals surface area contributed by atoms with Crippen LogP contribution in [0.25, 0.3) is 0 Å². The zero-order valence-electron chi connectivity index (χ0n) is 11.3. The van der Waals surface area contributed by atoms with E-state index in [1.807, 2.05) is 24.3 Å². The minimum atomic E-state index is -0.571. The summed E-state index contributed by atoms with van der Waals surface area (Å²) in [4.78, 5) is 11.9. The molecule has 2 aromatic rings. The number of carbonyl (C=O) groups excluding carboxylic acids is 1. The topological polar surface area (TPSA) is 55.1 Å². The molecule has 2 aromatic carbocycles. The summed E-state index contributed by atoms with van der Waals surface area (Å²) in [6.45, 7) is 2.44. The Hall–Kier alpha value is -2.36. The summed E-state index contributed by atoms with van der Waals surface area (Å²) in [5.41, 5.74) is 8.10. The average Bonchev–Trinajstić information content (AvgIpc) is 2.47. The van der Waals surface area contributed by atoms with Gasteiger partial charge in [-0.1, -0.05) is 31.2 Å². The van der Waals surface area contributed by atoms with Gasteiger partial charge >= 0.3 is 0 Å². The van der Waals surface area contributed by atoms with Crippen LogP contribution in [-0.2, 0) is 13.0 Å². The van der Waals surface area contributed by atoms with Crippen molar-refractivity contribution in [3.8, 4) is 0 Å². The smallest absolute Gasteiger partial charge is 0.254 e. The van der Waals surface area contributed by atoms with Gasteiger partial charge in [0.2, 0.25) is 0 Å². The van der Waals surface area contributed by atoms with Gasteiger partial charge < -0.3 is 11.1 Å². The van der Waals surface area contributed by atoms with E-state index < -0.39 is 11.7 Å². The summed E-state index contributed by atoms with van der Waals surface area (Å²) in [5, 5.41) is 2.69. The molecule has 3 nitrogen and oxygen atoms in total. The third-order valence-corrected chi connectivity index (χ3v) is 3.12. The highest BCUT2D eigenvalue weighted by atomic mass is 19.1. The molecule has 20 heavy (non-hydrogen) atoms. The molecule has 0 fully saturated rings. The lowest BCUT2D eigenvalue weighted by Gasteiger charge is -2.07. The van der Waals surface area contributed by atoms with Crippen LogP contribution in [0.15, 0.2) is 42.5 Å². The third-order valence-electron chi connectivity index (χ3n) is 3.12. The lowest BCUT2D eigenvalue weighted by molar-refractivity contribution is 0.0947. The second kappa shape index (κ2) is 6.19. The average molecular weight is 272 g/mol. The Labute approximate surface area is 117 Å². The Morgan fingerprint density at radius 3 is 2.45 bits per heavy atom. The number of rotatable bonds is 4. The molecule has 0 spiro atoms. The van der Waals surface area contributed by atoms with Gasteiger partial charge in [0.25, 0.3) is 5.91 Å². The van der Waals surface area contributed by atoms with E-state index in [-0.39, 0.29) is 5.56 Å². The normalized spacial score (nSPS) is 10.3. The lowest BCUT2D eigenvalue weighted by Crippen LogP contribution is -2.24. The number of nitrogens with two attached hydrogens (primary N) is 1. The summed E-state index contributed by atoms with van der Waals surface area (Å²) in [6.07, 6.45) is 0.973. The molecular formula is C16H17FN2O. The SMILES string of the molecule is CCc1ccc(CNC(=O)c2cc(N)ccc2F)cc1. The van der Waals surface area contributed by atoms with Gasteiger partial charge in [-0.15, -0.1) is 0 Å². The zero-order chi connectivity index (χ0) is 14.5. The van der Waals surface area contributed by atoms with Crippen molar-refractivity contribution in [1.82, 2.24) is 5.32 Å². The Bertz CT molecular complexity index is 608. The maximum atomic E-state index is 13.5. The minimum Gasteiger partial charge on any atom is -0.399 e. The first kappa shape index (κ1) is 14.1. The molecule has 0 unspecified atom stereocenters. The van der Waals surface area contributed by atoms with E-state index in [4.69, 9.17) is 5.73 Å². The number of anilines is 1. The van der Waals surface area contributed by atoms with E-state index in [9.17, 15) is 9.18 Å². The van der Waals surface area contributed by atoms with Gasteiger partial charge in [0.1, 0.15) is 5.82 Å². The summed E-state index contributed by atoms with van der Waals surface area (Å²) < 4.78 is 13.5. The first-order valence-corrected chi connectivity index (χ1v) is 6.51. The Morgan fingerprint density at radius 2 is 1.80 bits per heavy atom. The predicted octanol–water partition coefficient (Wildman–Crippen LogP) is 2.90. The molecule has 0 aliphatic heterocycles. The lowest BCUT2D eigenvalue weighted by atomic mass is 10.1. The molecule has 104 valence electrons. The Kier molecular flexibility index (Phi) is 4.35. The van der Waals surface area contributed by atoms with Crippen LogP contribution in [0.4, 0.5) is 10.1 Å². The van der Waals surface area contributed by atoms with Gasteiger partial charge in [-0.25, -0.2) is 4.39 Å². The summed E-state index contributed by atoms with van der Waals surface area (Å²) in [6, 6.07) is 11.9. The first-order valence-electron chi connectivity index (χ1n) is 6.51. The quantitative estimate of drug-likeness (QED) is 0.841. The summed E-state index contributed by atoms with van der Waals surface area (Å²) in [5.74, 6) is -1.03. The Morgan fingerprint density at radius 1 is 1.15 bits per heavy atom. The zero-order valence-corrected chi connectivity index (χ0v) is 11.3. The van der Waals surface area contributed by atoms with Gasteiger partial charge in [0, 0.05) is 12.2 Å². The van der Waals surface area contributed by atoms with Gasteiger partial charge in [0.15, 0.2) is 0 Å². The highest BCUT2D eigenvalue weighted by Gasteiger charge is 2.11. The van der Waals surface area contributed by atoms with Crippen molar-refractivity contribution in [2.45, 2.75) is 19.9 Å². The highest BCUT2D eigenvalue weighted by molar-refractivity contribution is 5.95. The summed E-state index contributed by atoms with van der Waals surface area (Å²) in [7, 11) is 0. The second-order valence-corrected chi connectivity index (χ2v) is 4.59. The molecule has 0 aliphatic rings. The molecule has 2 rings (SSSR count). The predicted molar refractivity (Wildman–Crippen MR) is 77.8 cm³/mol. The number of amides is 1. The monoisotopic (exact) mass is 272 g/mol. The molecule has 3 N–H and O–H groups in total. The van der Waals surface area contributed by atoms with Crippen molar-refractivity contribution in [3.05, 3.63) is 65.0 Å². The molecule has 0 aromatic heterocycles. The standard InChI is InChI=1S/C16H17FN2O/c1-2-11-3-5-12(6-4-11)10-19-16(20)14-9-13(18)7-8-15(14)17/h3-9H,2,10,18H2,1H3,(H,19,20). The Balaban J connectivity index is 2.02. The van der Waals surface area contributed by atoms with Crippen LogP contribution < -0.4 is 11.1 Å². The highest BCUT2D eigenvalue weighted by Crippen LogP contribution is 2.12. The van der Waals surface area contributed by atoms with Gasteiger partial charge in [-0.2, -0.15) is 0 Å². The fraction of sp³-hybridized carbons (Fsp3) is 0.188. The van der Waals surface area contributed by atoms with Crippen molar-refractivity contribution < 1.29 is 9.18 Å². The van der Waals surface area contributed by atoms with E-state index in [2.05, 4.69) is 12.2 Å². The maximum Gasteiger partial charge on any atom is 0.254 e. The van der Waals surface area contributed by atoms with E-state index in [0.717, 1.165) is 12.0 Å². The molecule has 0 atom stereocenters. The van der Waals surface area contributed by atoms with Crippen LogP contribution in [0.2, 0.25) is 0 Å². The van der Waals surface area contributed by atoms with E-state index in [1.165, 1.54) is 23.8 Å². The van der Waals surface area contributed by atoms with Crippen LogP contribution in [0.5, 0.6) is 0 Å². The molecule has 1 amide bonds. The minimum absolute atomic E-state index is 0.0322. The second-order valence-electron chi connectivity index (χ2n) is 4.59. The van der Waals surface area contributed by atoms with E-state index in [1.54, 1.807) is 0 Å². The van der Waals surface area contributed by atoms with Crippen LogP contribution in [-0.4, -0.2) is 5.91 Å².